The normalized spacial score (nSPS) is 27.0. The van der Waals surface area contributed by atoms with Gasteiger partial charge in [0.2, 0.25) is 0 Å². The lowest BCUT2D eigenvalue weighted by atomic mass is 9.96. The zero-order valence-corrected chi connectivity index (χ0v) is 23.6. The average molecular weight is 610 g/mol. The first-order chi connectivity index (χ1) is 20.1. The summed E-state index contributed by atoms with van der Waals surface area (Å²) < 4.78 is 57.9. The van der Waals surface area contributed by atoms with Crippen LogP contribution < -0.4 is 15.3 Å². The first kappa shape index (κ1) is 30.3. The van der Waals surface area contributed by atoms with Gasteiger partial charge in [0.05, 0.1) is 25.5 Å². The second-order valence-electron chi connectivity index (χ2n) is 10.1. The van der Waals surface area contributed by atoms with Gasteiger partial charge in [-0.3, -0.25) is 9.32 Å². The molecule has 3 aromatic rings. The molecule has 2 fully saturated rings. The number of anilines is 1. The van der Waals surface area contributed by atoms with E-state index in [-0.39, 0.29) is 23.4 Å². The molecule has 0 radical (unpaired) electrons. The van der Waals surface area contributed by atoms with Gasteiger partial charge in [-0.05, 0) is 31.2 Å². The summed E-state index contributed by atoms with van der Waals surface area (Å²) >= 11 is 0. The van der Waals surface area contributed by atoms with E-state index < -0.39 is 57.0 Å². The van der Waals surface area contributed by atoms with Gasteiger partial charge in [0.15, 0.2) is 5.82 Å². The van der Waals surface area contributed by atoms with Gasteiger partial charge in [-0.15, -0.1) is 0 Å². The number of ether oxygens (including phenoxy) is 3. The van der Waals surface area contributed by atoms with E-state index in [0.29, 0.717) is 31.6 Å². The number of nitrogens with zero attached hydrogens (tertiary/aromatic N) is 3. The van der Waals surface area contributed by atoms with Crippen LogP contribution in [0.5, 0.6) is 5.75 Å². The fourth-order valence-corrected chi connectivity index (χ4v) is 6.36. The van der Waals surface area contributed by atoms with Gasteiger partial charge in [0, 0.05) is 12.8 Å². The molecular formula is C26H33FN5O9P. The van der Waals surface area contributed by atoms with E-state index in [1.807, 2.05) is 0 Å². The first-order valence-electron chi connectivity index (χ1n) is 13.4. The predicted molar refractivity (Wildman–Crippen MR) is 145 cm³/mol. The summed E-state index contributed by atoms with van der Waals surface area (Å²) in [7, 11) is -4.44. The zero-order valence-electron chi connectivity index (χ0n) is 22.7. The molecule has 2 aromatic heterocycles. The number of alkyl halides is 1. The number of nitrogens with one attached hydrogen (secondary N) is 1. The number of halogens is 1. The molecule has 1 aromatic carbocycles. The number of para-hydroxylation sites is 1. The van der Waals surface area contributed by atoms with Crippen molar-refractivity contribution in [3.05, 3.63) is 54.5 Å². The molecule has 0 saturated carbocycles. The van der Waals surface area contributed by atoms with Crippen molar-refractivity contribution in [2.24, 2.45) is 0 Å². The fraction of sp³-hybridized carbons (Fsp3) is 0.500. The summed E-state index contributed by atoms with van der Waals surface area (Å²) in [6.07, 6.45) is -2.78. The molecule has 0 bridgehead atoms. The Morgan fingerprint density at radius 2 is 2.00 bits per heavy atom. The molecule has 228 valence electrons. The van der Waals surface area contributed by atoms with Crippen LogP contribution in [-0.2, 0) is 28.1 Å². The number of carbonyl (C=O) groups excluding carboxylic acids is 1. The van der Waals surface area contributed by atoms with Crippen molar-refractivity contribution in [3.63, 3.8) is 0 Å². The van der Waals surface area contributed by atoms with Gasteiger partial charge in [-0.25, -0.2) is 18.5 Å². The molecule has 1 unspecified atom stereocenters. The van der Waals surface area contributed by atoms with E-state index in [4.69, 9.17) is 29.0 Å². The third-order valence-electron chi connectivity index (χ3n) is 7.17. The van der Waals surface area contributed by atoms with Crippen LogP contribution in [0.15, 0.2) is 48.8 Å². The maximum atomic E-state index is 14.7. The minimum absolute atomic E-state index is 0.135. The number of benzene rings is 1. The van der Waals surface area contributed by atoms with E-state index in [0.717, 1.165) is 0 Å². The van der Waals surface area contributed by atoms with E-state index >= 15 is 0 Å². The van der Waals surface area contributed by atoms with Gasteiger partial charge >= 0.3 is 13.7 Å². The fourth-order valence-electron chi connectivity index (χ4n) is 4.82. The first-order valence-corrected chi connectivity index (χ1v) is 14.9. The van der Waals surface area contributed by atoms with Crippen molar-refractivity contribution in [1.29, 1.82) is 0 Å². The molecule has 2 aliphatic rings. The lowest BCUT2D eigenvalue weighted by molar-refractivity contribution is -0.154. The van der Waals surface area contributed by atoms with Crippen LogP contribution in [0.2, 0.25) is 0 Å². The molecule has 5 rings (SSSR count). The van der Waals surface area contributed by atoms with Gasteiger partial charge < -0.3 is 34.7 Å². The van der Waals surface area contributed by atoms with Gasteiger partial charge in [-0.2, -0.15) is 10.2 Å². The second-order valence-corrected chi connectivity index (χ2v) is 11.8. The Kier molecular flexibility index (Phi) is 9.08. The van der Waals surface area contributed by atoms with Crippen molar-refractivity contribution in [2.45, 2.75) is 55.8 Å². The molecule has 2 aliphatic heterocycles. The molecule has 0 spiro atoms. The van der Waals surface area contributed by atoms with Crippen molar-refractivity contribution in [2.75, 3.05) is 32.2 Å². The van der Waals surface area contributed by atoms with Crippen LogP contribution in [0.1, 0.15) is 31.6 Å². The molecule has 6 atom stereocenters. The van der Waals surface area contributed by atoms with Crippen LogP contribution in [-0.4, -0.2) is 87.2 Å². The Morgan fingerprint density at radius 3 is 2.71 bits per heavy atom. The number of aliphatic hydroxyl groups is 2. The lowest BCUT2D eigenvalue weighted by Gasteiger charge is -2.31. The molecule has 5 N–H and O–H groups in total. The minimum Gasteiger partial charge on any atom is -0.461 e. The summed E-state index contributed by atoms with van der Waals surface area (Å²) in [6.45, 7) is 0.186. The van der Waals surface area contributed by atoms with Gasteiger partial charge in [0.25, 0.3) is 0 Å². The summed E-state index contributed by atoms with van der Waals surface area (Å²) in [6, 6.07) is 9.99. The number of carbonyl (C=O) groups is 1. The quantitative estimate of drug-likeness (QED) is 0.182. The van der Waals surface area contributed by atoms with Crippen LogP contribution in [0.3, 0.4) is 0 Å². The Labute approximate surface area is 240 Å². The highest BCUT2D eigenvalue weighted by Crippen LogP contribution is 2.48. The summed E-state index contributed by atoms with van der Waals surface area (Å²) in [5.41, 5.74) is 4.42. The molecule has 14 nitrogen and oxygen atoms in total. The largest absolute Gasteiger partial charge is 0.461 e. The number of nitrogen functional groups attached to an aromatic ring is 1. The zero-order chi connectivity index (χ0) is 29.9. The minimum atomic E-state index is -4.44. The number of nitrogens with two attached hydrogens (primary N) is 1. The summed E-state index contributed by atoms with van der Waals surface area (Å²) in [4.78, 5) is 16.7. The number of fused-ring (bicyclic) bond motifs is 1. The number of rotatable bonds is 11. The smallest absolute Gasteiger partial charge is 0.459 e. The van der Waals surface area contributed by atoms with E-state index in [1.54, 1.807) is 30.3 Å². The summed E-state index contributed by atoms with van der Waals surface area (Å²) in [5, 5.41) is 28.5. The van der Waals surface area contributed by atoms with Crippen molar-refractivity contribution < 1.29 is 47.2 Å². The predicted octanol–water partition coefficient (Wildman–Crippen LogP) is 1.72. The van der Waals surface area contributed by atoms with Crippen LogP contribution in [0.25, 0.3) is 5.52 Å². The standard InChI is InChI=1S/C26H33FN5O9P/c1-16(25(35)39-17-9-11-37-12-10-17)31-42(36,41-18-5-3-2-4-6-18)38-14-26(13-27)23(34)21(33)22(40-26)19-7-8-20-24(28)29-15-30-32(19)20/h2-8,15-17,21-23,33-34H,9-14H2,1H3,(H,31,36)(H2,28,29,30)/t16-,21-,22-,23-,26+,42?/m0/s1. The highest BCUT2D eigenvalue weighted by atomic mass is 31.2. The highest BCUT2D eigenvalue weighted by molar-refractivity contribution is 7.52. The van der Waals surface area contributed by atoms with Gasteiger partial charge in [-0.1, -0.05) is 18.2 Å². The molecule has 0 aliphatic carbocycles. The molecule has 2 saturated heterocycles. The maximum absolute atomic E-state index is 14.7. The third kappa shape index (κ3) is 6.27. The molecule has 4 heterocycles. The van der Waals surface area contributed by atoms with Crippen molar-refractivity contribution >= 4 is 25.1 Å². The topological polar surface area (TPSA) is 189 Å². The SMILES string of the molecule is C[C@H](NP(=O)(OC[C@@]1(CF)O[C@@H](c2ccc3c(N)ncnn23)[C@H](O)[C@@H]1O)Oc1ccccc1)C(=O)OC1CCOCC1. The molecular weight excluding hydrogens is 576 g/mol. The summed E-state index contributed by atoms with van der Waals surface area (Å²) in [5.74, 6) is -0.397. The number of esters is 1. The Morgan fingerprint density at radius 1 is 1.26 bits per heavy atom. The van der Waals surface area contributed by atoms with E-state index in [2.05, 4.69) is 15.2 Å². The second kappa shape index (κ2) is 12.6. The molecule has 0 amide bonds. The molecule has 16 heteroatoms. The Bertz CT molecular complexity index is 1430. The number of aliphatic hydroxyl groups excluding tert-OH is 2. The third-order valence-corrected chi connectivity index (χ3v) is 8.79. The lowest BCUT2D eigenvalue weighted by Crippen LogP contribution is -2.49. The number of hydrogen-bond acceptors (Lipinski definition) is 12. The van der Waals surface area contributed by atoms with Crippen LogP contribution >= 0.6 is 7.75 Å². The van der Waals surface area contributed by atoms with Gasteiger partial charge in [0.1, 0.15) is 60.3 Å². The molecule has 42 heavy (non-hydrogen) atoms. The number of aromatic nitrogens is 3. The highest BCUT2D eigenvalue weighted by Gasteiger charge is 2.57. The monoisotopic (exact) mass is 609 g/mol. The van der Waals surface area contributed by atoms with Crippen molar-refractivity contribution in [3.8, 4) is 5.75 Å². The number of hydrogen-bond donors (Lipinski definition) is 4. The van der Waals surface area contributed by atoms with E-state index in [1.165, 1.54) is 29.9 Å². The van der Waals surface area contributed by atoms with Crippen LogP contribution in [0.4, 0.5) is 10.2 Å². The Balaban J connectivity index is 1.35. The van der Waals surface area contributed by atoms with Crippen LogP contribution in [0, 0.1) is 0 Å². The van der Waals surface area contributed by atoms with E-state index in [9.17, 15) is 24.0 Å². The average Bonchev–Trinajstić information content (AvgIpc) is 3.53. The van der Waals surface area contributed by atoms with Crippen molar-refractivity contribution in [1.82, 2.24) is 19.7 Å². The maximum Gasteiger partial charge on any atom is 0.459 e. The Hall–Kier alpha value is -3.17.